The molecule has 0 fully saturated rings. The number of aromatic nitrogens is 2. The second-order valence-corrected chi connectivity index (χ2v) is 4.98. The first kappa shape index (κ1) is 13.3. The molecule has 0 aliphatic heterocycles. The van der Waals surface area contributed by atoms with Gasteiger partial charge in [-0.05, 0) is 44.0 Å². The minimum absolute atomic E-state index is 0.0129. The van der Waals surface area contributed by atoms with Crippen LogP contribution < -0.4 is 5.32 Å². The van der Waals surface area contributed by atoms with Gasteiger partial charge >= 0.3 is 0 Å². The molecule has 0 spiro atoms. The number of hydrogen-bond donors (Lipinski definition) is 1. The van der Waals surface area contributed by atoms with Crippen molar-refractivity contribution >= 4 is 11.6 Å². The Labute approximate surface area is 113 Å². The fraction of sp³-hybridized carbons (Fsp3) is 0.333. The molecule has 0 unspecified atom stereocenters. The maximum absolute atomic E-state index is 12.0. The Bertz CT molecular complexity index is 594. The van der Waals surface area contributed by atoms with Crippen LogP contribution in [0.4, 0.5) is 5.69 Å². The van der Waals surface area contributed by atoms with Crippen LogP contribution in [0.15, 0.2) is 24.4 Å². The van der Waals surface area contributed by atoms with E-state index in [1.165, 1.54) is 0 Å². The van der Waals surface area contributed by atoms with E-state index in [0.717, 1.165) is 28.1 Å². The quantitative estimate of drug-likeness (QED) is 0.918. The third kappa shape index (κ3) is 3.22. The van der Waals surface area contributed by atoms with Gasteiger partial charge in [-0.1, -0.05) is 6.07 Å². The van der Waals surface area contributed by atoms with Gasteiger partial charge in [0.05, 0.1) is 12.6 Å². The fourth-order valence-electron chi connectivity index (χ4n) is 2.14. The monoisotopic (exact) mass is 257 g/mol. The fourth-order valence-corrected chi connectivity index (χ4v) is 2.14. The lowest BCUT2D eigenvalue weighted by atomic mass is 10.1. The summed E-state index contributed by atoms with van der Waals surface area (Å²) in [6.07, 6.45) is 2.10. The highest BCUT2D eigenvalue weighted by atomic mass is 16.1. The van der Waals surface area contributed by atoms with E-state index in [-0.39, 0.29) is 5.91 Å². The van der Waals surface area contributed by atoms with Crippen molar-refractivity contribution in [1.82, 2.24) is 9.78 Å². The SMILES string of the molecule is Cc1cc(C)cc(NC(=O)Cc2cnn(C)c2C)c1. The minimum Gasteiger partial charge on any atom is -0.326 e. The first-order valence-electron chi connectivity index (χ1n) is 6.31. The largest absolute Gasteiger partial charge is 0.326 e. The number of anilines is 1. The zero-order valence-corrected chi connectivity index (χ0v) is 11.8. The van der Waals surface area contributed by atoms with Crippen LogP contribution in [0, 0.1) is 20.8 Å². The van der Waals surface area contributed by atoms with Gasteiger partial charge in [0.1, 0.15) is 0 Å². The molecule has 4 heteroatoms. The minimum atomic E-state index is -0.0129. The molecule has 0 bridgehead atoms. The first-order chi connectivity index (χ1) is 8.95. The van der Waals surface area contributed by atoms with E-state index in [2.05, 4.69) is 16.5 Å². The number of carbonyl (C=O) groups excluding carboxylic acids is 1. The van der Waals surface area contributed by atoms with E-state index in [9.17, 15) is 4.79 Å². The standard InChI is InChI=1S/C15H19N3O/c1-10-5-11(2)7-14(6-10)17-15(19)8-13-9-16-18(4)12(13)3/h5-7,9H,8H2,1-4H3,(H,17,19). The smallest absolute Gasteiger partial charge is 0.228 e. The number of nitrogens with one attached hydrogen (secondary N) is 1. The van der Waals surface area contributed by atoms with Gasteiger partial charge in [0, 0.05) is 24.0 Å². The summed E-state index contributed by atoms with van der Waals surface area (Å²) in [5.41, 5.74) is 5.13. The highest BCUT2D eigenvalue weighted by Gasteiger charge is 2.09. The van der Waals surface area contributed by atoms with Crippen molar-refractivity contribution in [3.05, 3.63) is 46.8 Å². The topological polar surface area (TPSA) is 46.9 Å². The van der Waals surface area contributed by atoms with Crippen molar-refractivity contribution in [3.63, 3.8) is 0 Å². The molecular formula is C15H19N3O. The van der Waals surface area contributed by atoms with Gasteiger partial charge in [0.2, 0.25) is 5.91 Å². The Morgan fingerprint density at radius 2 is 1.84 bits per heavy atom. The number of aryl methyl sites for hydroxylation is 3. The summed E-state index contributed by atoms with van der Waals surface area (Å²) >= 11 is 0. The van der Waals surface area contributed by atoms with Crippen molar-refractivity contribution in [2.75, 3.05) is 5.32 Å². The molecule has 0 saturated heterocycles. The molecule has 0 radical (unpaired) electrons. The average molecular weight is 257 g/mol. The molecule has 0 aliphatic rings. The third-order valence-corrected chi connectivity index (χ3v) is 3.19. The summed E-state index contributed by atoms with van der Waals surface area (Å²) in [6.45, 7) is 6.01. The summed E-state index contributed by atoms with van der Waals surface area (Å²) < 4.78 is 1.78. The second-order valence-electron chi connectivity index (χ2n) is 4.98. The van der Waals surface area contributed by atoms with E-state index in [4.69, 9.17) is 0 Å². The lowest BCUT2D eigenvalue weighted by molar-refractivity contribution is -0.115. The molecule has 2 rings (SSSR count). The Kier molecular flexibility index (Phi) is 3.69. The van der Waals surface area contributed by atoms with Crippen molar-refractivity contribution in [1.29, 1.82) is 0 Å². The van der Waals surface area contributed by atoms with Crippen molar-refractivity contribution in [2.24, 2.45) is 7.05 Å². The van der Waals surface area contributed by atoms with Crippen molar-refractivity contribution in [2.45, 2.75) is 27.2 Å². The molecule has 0 aliphatic carbocycles. The van der Waals surface area contributed by atoms with E-state index >= 15 is 0 Å². The van der Waals surface area contributed by atoms with Crippen LogP contribution in [0.2, 0.25) is 0 Å². The lowest BCUT2D eigenvalue weighted by Crippen LogP contribution is -2.15. The predicted octanol–water partition coefficient (Wildman–Crippen LogP) is 2.53. The number of nitrogens with zero attached hydrogens (tertiary/aromatic N) is 2. The van der Waals surface area contributed by atoms with Crippen LogP contribution in [-0.2, 0) is 18.3 Å². The Hall–Kier alpha value is -2.10. The lowest BCUT2D eigenvalue weighted by Gasteiger charge is -2.07. The summed E-state index contributed by atoms with van der Waals surface area (Å²) in [5.74, 6) is -0.0129. The Morgan fingerprint density at radius 3 is 2.37 bits per heavy atom. The summed E-state index contributed by atoms with van der Waals surface area (Å²) in [4.78, 5) is 12.0. The summed E-state index contributed by atoms with van der Waals surface area (Å²) in [5, 5.41) is 7.07. The molecule has 2 aromatic rings. The number of carbonyl (C=O) groups is 1. The highest BCUT2D eigenvalue weighted by Crippen LogP contribution is 2.14. The van der Waals surface area contributed by atoms with E-state index < -0.39 is 0 Å². The normalized spacial score (nSPS) is 10.5. The maximum atomic E-state index is 12.0. The molecule has 100 valence electrons. The van der Waals surface area contributed by atoms with E-state index in [1.807, 2.05) is 40.0 Å². The maximum Gasteiger partial charge on any atom is 0.228 e. The molecule has 1 N–H and O–H groups in total. The molecule has 1 aromatic carbocycles. The molecule has 0 atom stereocenters. The number of hydrogen-bond acceptors (Lipinski definition) is 2. The van der Waals surface area contributed by atoms with Gasteiger partial charge < -0.3 is 5.32 Å². The number of rotatable bonds is 3. The van der Waals surface area contributed by atoms with Crippen LogP contribution in [0.3, 0.4) is 0 Å². The first-order valence-corrected chi connectivity index (χ1v) is 6.31. The van der Waals surface area contributed by atoms with Gasteiger partial charge in [-0.2, -0.15) is 5.10 Å². The third-order valence-electron chi connectivity index (χ3n) is 3.19. The zero-order chi connectivity index (χ0) is 14.0. The summed E-state index contributed by atoms with van der Waals surface area (Å²) in [7, 11) is 1.88. The van der Waals surface area contributed by atoms with Crippen LogP contribution >= 0.6 is 0 Å². The molecule has 4 nitrogen and oxygen atoms in total. The van der Waals surface area contributed by atoms with Gasteiger partial charge in [0.15, 0.2) is 0 Å². The molecule has 0 saturated carbocycles. The van der Waals surface area contributed by atoms with Crippen molar-refractivity contribution in [3.8, 4) is 0 Å². The molecular weight excluding hydrogens is 238 g/mol. The van der Waals surface area contributed by atoms with E-state index in [1.54, 1.807) is 10.9 Å². The van der Waals surface area contributed by atoms with Crippen LogP contribution in [0.25, 0.3) is 0 Å². The van der Waals surface area contributed by atoms with Crippen LogP contribution in [0.1, 0.15) is 22.4 Å². The van der Waals surface area contributed by atoms with E-state index in [0.29, 0.717) is 6.42 Å². The second kappa shape index (κ2) is 5.26. The zero-order valence-electron chi connectivity index (χ0n) is 11.8. The Balaban J connectivity index is 2.07. The van der Waals surface area contributed by atoms with Gasteiger partial charge in [-0.15, -0.1) is 0 Å². The molecule has 1 amide bonds. The number of benzene rings is 1. The van der Waals surface area contributed by atoms with Gasteiger partial charge in [0.25, 0.3) is 0 Å². The van der Waals surface area contributed by atoms with Crippen LogP contribution in [0.5, 0.6) is 0 Å². The van der Waals surface area contributed by atoms with Gasteiger partial charge in [-0.3, -0.25) is 9.48 Å². The molecule has 19 heavy (non-hydrogen) atoms. The van der Waals surface area contributed by atoms with Gasteiger partial charge in [-0.25, -0.2) is 0 Å². The van der Waals surface area contributed by atoms with Crippen molar-refractivity contribution < 1.29 is 4.79 Å². The predicted molar refractivity (Wildman–Crippen MR) is 76.2 cm³/mol. The summed E-state index contributed by atoms with van der Waals surface area (Å²) in [6, 6.07) is 6.03. The molecule has 1 heterocycles. The Morgan fingerprint density at radius 1 is 1.21 bits per heavy atom. The average Bonchev–Trinajstić information content (AvgIpc) is 2.59. The molecule has 1 aromatic heterocycles. The van der Waals surface area contributed by atoms with Crippen LogP contribution in [-0.4, -0.2) is 15.7 Å². The number of amides is 1. The highest BCUT2D eigenvalue weighted by molar-refractivity contribution is 5.92.